The first-order valence-electron chi connectivity index (χ1n) is 13.5. The molecule has 1 unspecified atom stereocenters. The van der Waals surface area contributed by atoms with Gasteiger partial charge in [0.2, 0.25) is 17.4 Å². The molecule has 1 fully saturated rings. The zero-order valence-corrected chi connectivity index (χ0v) is 23.4. The molecule has 1 aliphatic heterocycles. The first-order chi connectivity index (χ1) is 20.7. The Balaban J connectivity index is 1.40. The SMILES string of the molecule is COc1cc(C(=O)NCC(O)(c2cc3c(c(-c4ccc(F)cc4)n2)OC[C@]3(C)C(N)=O)C(F)(F)F)nc2cc(C3CC3)nn12. The number of pyridine rings is 1. The Morgan fingerprint density at radius 3 is 2.50 bits per heavy atom. The fourth-order valence-corrected chi connectivity index (χ4v) is 5.04. The lowest BCUT2D eigenvalue weighted by Crippen LogP contribution is -2.52. The Hall–Kier alpha value is -4.79. The van der Waals surface area contributed by atoms with Crippen LogP contribution in [-0.2, 0) is 15.8 Å². The van der Waals surface area contributed by atoms with Crippen molar-refractivity contribution in [3.8, 4) is 22.9 Å². The molecular weight excluding hydrogens is 588 g/mol. The Bertz CT molecular complexity index is 1810. The molecule has 6 rings (SSSR count). The van der Waals surface area contributed by atoms with Crippen molar-refractivity contribution in [2.75, 3.05) is 20.3 Å². The van der Waals surface area contributed by atoms with Crippen LogP contribution in [0.3, 0.4) is 0 Å². The maximum absolute atomic E-state index is 14.7. The molecule has 4 N–H and O–H groups in total. The minimum Gasteiger partial charge on any atom is -0.489 e. The van der Waals surface area contributed by atoms with Gasteiger partial charge in [0.15, 0.2) is 5.65 Å². The second-order valence-electron chi connectivity index (χ2n) is 11.1. The minimum atomic E-state index is -5.37. The Morgan fingerprint density at radius 2 is 1.89 bits per heavy atom. The van der Waals surface area contributed by atoms with Gasteiger partial charge in [0.05, 0.1) is 25.0 Å². The van der Waals surface area contributed by atoms with E-state index in [0.29, 0.717) is 0 Å². The molecule has 2 amide bonds. The molecule has 3 aromatic heterocycles. The summed E-state index contributed by atoms with van der Waals surface area (Å²) in [6.07, 6.45) is -3.45. The standard InChI is InChI=1S/C29H26F4N6O5/c1-27(26(34)41)13-44-24-17(27)9-20(37-23(24)15-5-7-16(30)8-6-15)28(42,29(31,32)33)12-35-25(40)19-11-22(43-2)39-21(36-19)10-18(38-39)14-3-4-14/h5-11,14,42H,3-4,12-13H2,1-2H3,(H2,34,41)(H,35,40)/t27-,28?/m0/s1. The number of nitrogens with zero attached hydrogens (tertiary/aromatic N) is 4. The number of hydrogen-bond donors (Lipinski definition) is 3. The topological polar surface area (TPSA) is 154 Å². The van der Waals surface area contributed by atoms with Gasteiger partial charge in [-0.15, -0.1) is 0 Å². The van der Waals surface area contributed by atoms with Gasteiger partial charge >= 0.3 is 6.18 Å². The molecule has 1 saturated carbocycles. The summed E-state index contributed by atoms with van der Waals surface area (Å²) < 4.78 is 70.1. The minimum absolute atomic E-state index is 0.0359. The maximum Gasteiger partial charge on any atom is 0.424 e. The van der Waals surface area contributed by atoms with E-state index in [0.717, 1.165) is 36.7 Å². The van der Waals surface area contributed by atoms with Crippen molar-refractivity contribution in [2.24, 2.45) is 5.73 Å². The second kappa shape index (κ2) is 10.1. The normalized spacial score (nSPS) is 19.2. The summed E-state index contributed by atoms with van der Waals surface area (Å²) in [5.74, 6) is -2.17. The predicted octanol–water partition coefficient (Wildman–Crippen LogP) is 3.13. The van der Waals surface area contributed by atoms with Crippen LogP contribution in [0, 0.1) is 5.82 Å². The molecule has 2 aliphatic rings. The number of carbonyl (C=O) groups excluding carboxylic acids is 2. The maximum atomic E-state index is 14.7. The summed E-state index contributed by atoms with van der Waals surface area (Å²) in [6, 6.07) is 8.44. The highest BCUT2D eigenvalue weighted by Crippen LogP contribution is 2.47. The highest BCUT2D eigenvalue weighted by atomic mass is 19.4. The number of aromatic nitrogens is 4. The van der Waals surface area contributed by atoms with Gasteiger partial charge in [-0.1, -0.05) is 0 Å². The number of aliphatic hydroxyl groups is 1. The van der Waals surface area contributed by atoms with Gasteiger partial charge in [-0.25, -0.2) is 14.4 Å². The van der Waals surface area contributed by atoms with E-state index >= 15 is 0 Å². The number of benzene rings is 1. The van der Waals surface area contributed by atoms with Crippen LogP contribution in [-0.4, -0.2) is 62.9 Å². The number of fused-ring (bicyclic) bond motifs is 2. The predicted molar refractivity (Wildman–Crippen MR) is 145 cm³/mol. The monoisotopic (exact) mass is 614 g/mol. The molecule has 230 valence electrons. The highest BCUT2D eigenvalue weighted by molar-refractivity contribution is 5.93. The van der Waals surface area contributed by atoms with Crippen molar-refractivity contribution in [1.29, 1.82) is 0 Å². The van der Waals surface area contributed by atoms with E-state index in [1.165, 1.54) is 36.7 Å². The lowest BCUT2D eigenvalue weighted by atomic mass is 9.81. The largest absolute Gasteiger partial charge is 0.489 e. The van der Waals surface area contributed by atoms with Crippen molar-refractivity contribution in [1.82, 2.24) is 24.9 Å². The third-order valence-corrected chi connectivity index (χ3v) is 7.98. The van der Waals surface area contributed by atoms with Gasteiger partial charge in [-0.3, -0.25) is 9.59 Å². The number of methoxy groups -OCH3 is 1. The smallest absolute Gasteiger partial charge is 0.424 e. The molecule has 1 aromatic carbocycles. The number of halogens is 4. The van der Waals surface area contributed by atoms with Crippen molar-refractivity contribution < 1.29 is 41.7 Å². The molecule has 0 bridgehead atoms. The first kappa shape index (κ1) is 29.3. The molecule has 0 radical (unpaired) electrons. The quantitative estimate of drug-likeness (QED) is 0.256. The van der Waals surface area contributed by atoms with Crippen molar-refractivity contribution >= 4 is 17.5 Å². The number of nitrogens with one attached hydrogen (secondary N) is 1. The Labute approximate surface area is 247 Å². The molecule has 0 saturated heterocycles. The van der Waals surface area contributed by atoms with Crippen LogP contribution in [0.4, 0.5) is 17.6 Å². The number of rotatable bonds is 8. The zero-order valence-electron chi connectivity index (χ0n) is 23.4. The van der Waals surface area contributed by atoms with Crippen molar-refractivity contribution in [2.45, 2.75) is 42.9 Å². The Kier molecular flexibility index (Phi) is 6.75. The highest BCUT2D eigenvalue weighted by Gasteiger charge is 2.57. The van der Waals surface area contributed by atoms with Gasteiger partial charge < -0.3 is 25.6 Å². The van der Waals surface area contributed by atoms with Crippen LogP contribution < -0.4 is 20.5 Å². The summed E-state index contributed by atoms with van der Waals surface area (Å²) in [6.45, 7) is -0.292. The van der Waals surface area contributed by atoms with E-state index in [2.05, 4.69) is 20.4 Å². The lowest BCUT2D eigenvalue weighted by molar-refractivity contribution is -0.265. The summed E-state index contributed by atoms with van der Waals surface area (Å²) in [4.78, 5) is 33.9. The van der Waals surface area contributed by atoms with Crippen LogP contribution in [0.5, 0.6) is 11.6 Å². The molecule has 44 heavy (non-hydrogen) atoms. The van der Waals surface area contributed by atoms with E-state index in [9.17, 15) is 32.3 Å². The molecule has 2 atom stereocenters. The van der Waals surface area contributed by atoms with E-state index in [1.807, 2.05) is 0 Å². The average molecular weight is 615 g/mol. The Morgan fingerprint density at radius 1 is 1.18 bits per heavy atom. The van der Waals surface area contributed by atoms with E-state index in [4.69, 9.17) is 15.2 Å². The molecule has 11 nitrogen and oxygen atoms in total. The molecule has 4 heterocycles. The van der Waals surface area contributed by atoms with E-state index < -0.39 is 47.1 Å². The molecule has 4 aromatic rings. The van der Waals surface area contributed by atoms with Crippen LogP contribution in [0.15, 0.2) is 42.5 Å². The van der Waals surface area contributed by atoms with Gasteiger partial charge in [0.25, 0.3) is 5.91 Å². The fraction of sp³-hybridized carbons (Fsp3) is 0.345. The number of amides is 2. The zero-order chi connectivity index (χ0) is 31.6. The van der Waals surface area contributed by atoms with Crippen molar-refractivity contribution in [3.05, 3.63) is 70.9 Å². The van der Waals surface area contributed by atoms with E-state index in [-0.39, 0.29) is 52.3 Å². The first-order valence-corrected chi connectivity index (χ1v) is 13.5. The lowest BCUT2D eigenvalue weighted by Gasteiger charge is -2.31. The summed E-state index contributed by atoms with van der Waals surface area (Å²) in [5.41, 5.74) is 0.00269. The molecular formula is C29H26F4N6O5. The summed E-state index contributed by atoms with van der Waals surface area (Å²) in [7, 11) is 1.35. The van der Waals surface area contributed by atoms with Crippen LogP contribution in [0.25, 0.3) is 16.9 Å². The summed E-state index contributed by atoms with van der Waals surface area (Å²) in [5, 5.41) is 17.8. The van der Waals surface area contributed by atoms with Gasteiger partial charge in [-0.05, 0) is 50.1 Å². The third kappa shape index (κ3) is 4.76. The van der Waals surface area contributed by atoms with E-state index in [1.54, 1.807) is 6.07 Å². The third-order valence-electron chi connectivity index (χ3n) is 7.98. The number of ether oxygens (including phenoxy) is 2. The fourth-order valence-electron chi connectivity index (χ4n) is 5.04. The van der Waals surface area contributed by atoms with Gasteiger partial charge in [0, 0.05) is 29.2 Å². The average Bonchev–Trinajstić information content (AvgIpc) is 3.65. The molecule has 1 aliphatic carbocycles. The molecule has 0 spiro atoms. The number of primary amides is 1. The second-order valence-corrected chi connectivity index (χ2v) is 11.1. The number of hydrogen-bond acceptors (Lipinski definition) is 8. The van der Waals surface area contributed by atoms with Gasteiger partial charge in [0.1, 0.15) is 35.0 Å². The van der Waals surface area contributed by atoms with Crippen LogP contribution in [0.2, 0.25) is 0 Å². The van der Waals surface area contributed by atoms with Gasteiger partial charge in [-0.2, -0.15) is 22.8 Å². The van der Waals surface area contributed by atoms with Crippen LogP contribution in [0.1, 0.15) is 53.1 Å². The number of nitrogens with two attached hydrogens (primary N) is 1. The number of carbonyl (C=O) groups is 2. The summed E-state index contributed by atoms with van der Waals surface area (Å²) >= 11 is 0. The van der Waals surface area contributed by atoms with Crippen LogP contribution >= 0.6 is 0 Å². The molecule has 15 heteroatoms. The van der Waals surface area contributed by atoms with Crippen molar-refractivity contribution in [3.63, 3.8) is 0 Å². The number of alkyl halides is 3.